The van der Waals surface area contributed by atoms with Gasteiger partial charge in [-0.05, 0) is 12.8 Å². The average molecular weight is 328 g/mol. The van der Waals surface area contributed by atoms with Gasteiger partial charge in [0.25, 0.3) is 0 Å². The Morgan fingerprint density at radius 3 is 1.57 bits per heavy atom. The van der Waals surface area contributed by atoms with Crippen LogP contribution in [0.4, 0.5) is 0 Å². The van der Waals surface area contributed by atoms with E-state index in [1.165, 1.54) is 0 Å². The molecule has 4 nitrogen and oxygen atoms in total. The molecular weight excluding hydrogens is 316 g/mol. The second-order valence-corrected chi connectivity index (χ2v) is 4.66. The Morgan fingerprint density at radius 2 is 1.29 bits per heavy atom. The van der Waals surface area contributed by atoms with Crippen LogP contribution in [-0.2, 0) is 9.59 Å². The minimum atomic E-state index is -0.381. The highest BCUT2D eigenvalue weighted by Gasteiger charge is 2.32. The van der Waals surface area contributed by atoms with E-state index in [2.05, 4.69) is 42.5 Å². The minimum Gasteiger partial charge on any atom is -0.342 e. The maximum atomic E-state index is 11.5. The number of alkyl halides is 2. The zero-order valence-electron chi connectivity index (χ0n) is 7.56. The molecule has 0 bridgehead atoms. The molecule has 1 aliphatic rings. The molecule has 6 heteroatoms. The molecule has 0 spiro atoms. The first kappa shape index (κ1) is 12.0. The molecule has 2 N–H and O–H groups in total. The van der Waals surface area contributed by atoms with E-state index >= 15 is 0 Å². The summed E-state index contributed by atoms with van der Waals surface area (Å²) in [4.78, 5) is 22.9. The summed E-state index contributed by atoms with van der Waals surface area (Å²) < 4.78 is 0. The SMILES string of the molecule is O=C1NC(CCBr)C(=O)NC1CCBr. The van der Waals surface area contributed by atoms with Crippen molar-refractivity contribution in [1.29, 1.82) is 0 Å². The lowest BCUT2D eigenvalue weighted by molar-refractivity contribution is -0.136. The fourth-order valence-corrected chi connectivity index (χ4v) is 2.22. The van der Waals surface area contributed by atoms with Gasteiger partial charge >= 0.3 is 0 Å². The third kappa shape index (κ3) is 2.95. The van der Waals surface area contributed by atoms with Gasteiger partial charge in [-0.1, -0.05) is 31.9 Å². The molecule has 2 amide bonds. The number of hydrogen-bond donors (Lipinski definition) is 2. The zero-order valence-corrected chi connectivity index (χ0v) is 10.7. The quantitative estimate of drug-likeness (QED) is 0.740. The van der Waals surface area contributed by atoms with Crippen molar-refractivity contribution in [3.05, 3.63) is 0 Å². The Labute approximate surface area is 99.4 Å². The third-order valence-electron chi connectivity index (χ3n) is 2.06. The Bertz CT molecular complexity index is 211. The molecular formula is C8H12Br2N2O2. The summed E-state index contributed by atoms with van der Waals surface area (Å²) in [7, 11) is 0. The van der Waals surface area contributed by atoms with Gasteiger partial charge in [0.05, 0.1) is 0 Å². The first-order chi connectivity index (χ1) is 6.69. The van der Waals surface area contributed by atoms with E-state index in [9.17, 15) is 9.59 Å². The lowest BCUT2D eigenvalue weighted by Gasteiger charge is -2.28. The van der Waals surface area contributed by atoms with Crippen molar-refractivity contribution in [3.8, 4) is 0 Å². The second kappa shape index (κ2) is 5.70. The summed E-state index contributed by atoms with van der Waals surface area (Å²) in [5.41, 5.74) is 0. The molecule has 2 unspecified atom stereocenters. The largest absolute Gasteiger partial charge is 0.342 e. The fraction of sp³-hybridized carbons (Fsp3) is 0.750. The summed E-state index contributed by atoms with van der Waals surface area (Å²) >= 11 is 6.48. The Morgan fingerprint density at radius 1 is 0.929 bits per heavy atom. The topological polar surface area (TPSA) is 58.2 Å². The number of halogens is 2. The van der Waals surface area contributed by atoms with Gasteiger partial charge in [0, 0.05) is 10.7 Å². The summed E-state index contributed by atoms with van der Waals surface area (Å²) in [6.07, 6.45) is 1.25. The molecule has 2 atom stereocenters. The molecule has 1 saturated heterocycles. The van der Waals surface area contributed by atoms with Gasteiger partial charge in [-0.15, -0.1) is 0 Å². The molecule has 0 aromatic heterocycles. The predicted molar refractivity (Wildman–Crippen MR) is 60.7 cm³/mol. The Hall–Kier alpha value is -0.100. The van der Waals surface area contributed by atoms with Crippen molar-refractivity contribution in [2.45, 2.75) is 24.9 Å². The first-order valence-electron chi connectivity index (χ1n) is 4.41. The van der Waals surface area contributed by atoms with Crippen molar-refractivity contribution >= 4 is 43.7 Å². The van der Waals surface area contributed by atoms with Crippen LogP contribution in [0, 0.1) is 0 Å². The van der Waals surface area contributed by atoms with E-state index in [1.54, 1.807) is 0 Å². The zero-order chi connectivity index (χ0) is 10.6. The molecule has 0 aliphatic carbocycles. The van der Waals surface area contributed by atoms with Gasteiger partial charge in [-0.3, -0.25) is 9.59 Å². The highest BCUT2D eigenvalue weighted by atomic mass is 79.9. The van der Waals surface area contributed by atoms with Crippen LogP contribution in [0.5, 0.6) is 0 Å². The third-order valence-corrected chi connectivity index (χ3v) is 2.98. The second-order valence-electron chi connectivity index (χ2n) is 3.08. The fourth-order valence-electron chi connectivity index (χ4n) is 1.30. The molecule has 1 aliphatic heterocycles. The lowest BCUT2D eigenvalue weighted by atomic mass is 10.1. The molecule has 0 radical (unpaired) electrons. The summed E-state index contributed by atoms with van der Waals surface area (Å²) in [6.45, 7) is 0. The normalized spacial score (nSPS) is 27.0. The summed E-state index contributed by atoms with van der Waals surface area (Å²) in [6, 6.07) is -0.762. The number of piperazine rings is 1. The van der Waals surface area contributed by atoms with Crippen molar-refractivity contribution in [2.24, 2.45) is 0 Å². The standard InChI is InChI=1S/C8H12Br2N2O2/c9-3-1-5-7(13)12-6(2-4-10)8(14)11-5/h5-6H,1-4H2,(H,11,14)(H,12,13). The maximum absolute atomic E-state index is 11.5. The van der Waals surface area contributed by atoms with Crippen LogP contribution in [0.3, 0.4) is 0 Å². The molecule has 0 aromatic rings. The predicted octanol–water partition coefficient (Wildman–Crippen LogP) is 0.540. The van der Waals surface area contributed by atoms with E-state index in [-0.39, 0.29) is 23.9 Å². The number of amides is 2. The minimum absolute atomic E-state index is 0.0880. The van der Waals surface area contributed by atoms with E-state index in [0.717, 1.165) is 0 Å². The van der Waals surface area contributed by atoms with Crippen LogP contribution in [-0.4, -0.2) is 34.6 Å². The molecule has 80 valence electrons. The van der Waals surface area contributed by atoms with Crippen molar-refractivity contribution in [1.82, 2.24) is 10.6 Å². The maximum Gasteiger partial charge on any atom is 0.243 e. The highest BCUT2D eigenvalue weighted by Crippen LogP contribution is 2.06. The molecule has 0 aromatic carbocycles. The van der Waals surface area contributed by atoms with Crippen molar-refractivity contribution in [2.75, 3.05) is 10.7 Å². The molecule has 1 fully saturated rings. The molecule has 0 saturated carbocycles. The van der Waals surface area contributed by atoms with Crippen molar-refractivity contribution in [3.63, 3.8) is 0 Å². The van der Waals surface area contributed by atoms with Crippen LogP contribution >= 0.6 is 31.9 Å². The van der Waals surface area contributed by atoms with Gasteiger partial charge < -0.3 is 10.6 Å². The monoisotopic (exact) mass is 326 g/mol. The summed E-state index contributed by atoms with van der Waals surface area (Å²) in [5, 5.41) is 6.81. The van der Waals surface area contributed by atoms with Crippen molar-refractivity contribution < 1.29 is 9.59 Å². The number of carbonyl (C=O) groups excluding carboxylic acids is 2. The van der Waals surface area contributed by atoms with Crippen LogP contribution in [0.25, 0.3) is 0 Å². The van der Waals surface area contributed by atoms with Gasteiger partial charge in [0.2, 0.25) is 11.8 Å². The smallest absolute Gasteiger partial charge is 0.243 e. The van der Waals surface area contributed by atoms with Crippen LogP contribution in [0.15, 0.2) is 0 Å². The molecule has 1 heterocycles. The number of nitrogens with one attached hydrogen (secondary N) is 2. The van der Waals surface area contributed by atoms with Gasteiger partial charge in [0.15, 0.2) is 0 Å². The highest BCUT2D eigenvalue weighted by molar-refractivity contribution is 9.09. The summed E-state index contributed by atoms with van der Waals surface area (Å²) in [5.74, 6) is -0.176. The molecule has 1 rings (SSSR count). The first-order valence-corrected chi connectivity index (χ1v) is 6.66. The van der Waals surface area contributed by atoms with Crippen LogP contribution in [0.2, 0.25) is 0 Å². The number of hydrogen-bond acceptors (Lipinski definition) is 2. The van der Waals surface area contributed by atoms with Gasteiger partial charge in [-0.2, -0.15) is 0 Å². The van der Waals surface area contributed by atoms with Crippen LogP contribution < -0.4 is 10.6 Å². The number of carbonyl (C=O) groups is 2. The van der Waals surface area contributed by atoms with Gasteiger partial charge in [0.1, 0.15) is 12.1 Å². The van der Waals surface area contributed by atoms with E-state index < -0.39 is 0 Å². The Balaban J connectivity index is 2.53. The molecule has 14 heavy (non-hydrogen) atoms. The van der Waals surface area contributed by atoms with E-state index in [0.29, 0.717) is 23.5 Å². The lowest BCUT2D eigenvalue weighted by Crippen LogP contribution is -2.61. The Kier molecular flexibility index (Phi) is 4.88. The average Bonchev–Trinajstić information content (AvgIpc) is 2.14. The van der Waals surface area contributed by atoms with Gasteiger partial charge in [-0.25, -0.2) is 0 Å². The number of rotatable bonds is 4. The van der Waals surface area contributed by atoms with E-state index in [4.69, 9.17) is 0 Å². The van der Waals surface area contributed by atoms with Crippen LogP contribution in [0.1, 0.15) is 12.8 Å². The van der Waals surface area contributed by atoms with E-state index in [1.807, 2.05) is 0 Å².